The molecular formula is C24H23ClN4O5. The van der Waals surface area contributed by atoms with Gasteiger partial charge in [-0.2, -0.15) is 5.10 Å². The minimum absolute atomic E-state index is 0.350. The van der Waals surface area contributed by atoms with Gasteiger partial charge in [-0.3, -0.25) is 14.3 Å². The molecule has 5 rings (SSSR count). The highest BCUT2D eigenvalue weighted by Crippen LogP contribution is 2.46. The van der Waals surface area contributed by atoms with Crippen molar-refractivity contribution in [3.8, 4) is 17.2 Å². The number of carbonyl (C=O) groups excluding carboxylic acids is 2. The summed E-state index contributed by atoms with van der Waals surface area (Å²) in [6.07, 6.45) is 0. The van der Waals surface area contributed by atoms with Gasteiger partial charge < -0.3 is 24.8 Å². The maximum atomic E-state index is 13.3. The van der Waals surface area contributed by atoms with E-state index in [9.17, 15) is 9.59 Å². The summed E-state index contributed by atoms with van der Waals surface area (Å²) < 4.78 is 18.7. The number of anilines is 1. The van der Waals surface area contributed by atoms with Crippen molar-refractivity contribution in [1.29, 1.82) is 0 Å². The van der Waals surface area contributed by atoms with Gasteiger partial charge in [0.05, 0.1) is 12.8 Å². The fourth-order valence-corrected chi connectivity index (χ4v) is 4.64. The number of hydrogen-bond acceptors (Lipinski definition) is 6. The Morgan fingerprint density at radius 1 is 1.24 bits per heavy atom. The molecule has 176 valence electrons. The number of fused-ring (bicyclic) bond motifs is 2. The van der Waals surface area contributed by atoms with Crippen LogP contribution in [0.4, 0.5) is 5.82 Å². The van der Waals surface area contributed by atoms with Crippen LogP contribution in [0.2, 0.25) is 5.02 Å². The van der Waals surface area contributed by atoms with Crippen LogP contribution in [0.5, 0.6) is 17.2 Å². The Labute approximate surface area is 200 Å². The first-order valence-electron chi connectivity index (χ1n) is 10.8. The predicted octanol–water partition coefficient (Wildman–Crippen LogP) is 3.04. The van der Waals surface area contributed by atoms with E-state index in [1.807, 2.05) is 19.1 Å². The Kier molecular flexibility index (Phi) is 5.57. The lowest BCUT2D eigenvalue weighted by molar-refractivity contribution is -0.118. The zero-order chi connectivity index (χ0) is 24.0. The SMILES string of the molecule is COc1cc([C@@H]2c3c(C)nn(C)c3NC(=O)[C@H]2NC(=O)c2ccc(Cl)cc2)cc2c1OCCO2. The van der Waals surface area contributed by atoms with Gasteiger partial charge in [-0.1, -0.05) is 11.6 Å². The molecule has 3 aromatic rings. The molecule has 0 aliphatic carbocycles. The van der Waals surface area contributed by atoms with Crippen molar-refractivity contribution < 1.29 is 23.8 Å². The lowest BCUT2D eigenvalue weighted by Crippen LogP contribution is -2.50. The number of ether oxygens (including phenoxy) is 3. The number of amides is 2. The molecule has 3 heterocycles. The zero-order valence-electron chi connectivity index (χ0n) is 18.8. The predicted molar refractivity (Wildman–Crippen MR) is 125 cm³/mol. The molecule has 0 fully saturated rings. The maximum Gasteiger partial charge on any atom is 0.251 e. The van der Waals surface area contributed by atoms with Crippen LogP contribution in [0.25, 0.3) is 0 Å². The molecule has 2 N–H and O–H groups in total. The number of nitrogens with one attached hydrogen (secondary N) is 2. The standard InChI is InChI=1S/C24H23ClN4O5/c1-12-18-19(14-10-16(32-3)21-17(11-14)33-8-9-34-21)20(24(31)27-22(18)29(2)28-12)26-23(30)13-4-6-15(25)7-5-13/h4-7,10-11,19-20H,8-9H2,1-3H3,(H,26,30)(H,27,31)/t19-,20+/m1/s1. The fourth-order valence-electron chi connectivity index (χ4n) is 4.51. The monoisotopic (exact) mass is 482 g/mol. The number of halogens is 1. The number of methoxy groups -OCH3 is 1. The Bertz CT molecular complexity index is 1270. The molecule has 0 unspecified atom stereocenters. The first-order valence-corrected chi connectivity index (χ1v) is 11.1. The molecular weight excluding hydrogens is 460 g/mol. The van der Waals surface area contributed by atoms with Crippen molar-refractivity contribution in [1.82, 2.24) is 15.1 Å². The van der Waals surface area contributed by atoms with Gasteiger partial charge in [0.2, 0.25) is 11.7 Å². The molecule has 0 bridgehead atoms. The second kappa shape index (κ2) is 8.57. The van der Waals surface area contributed by atoms with Crippen molar-refractivity contribution in [3.63, 3.8) is 0 Å². The number of benzene rings is 2. The van der Waals surface area contributed by atoms with E-state index < -0.39 is 17.9 Å². The van der Waals surface area contributed by atoms with E-state index in [4.69, 9.17) is 25.8 Å². The van der Waals surface area contributed by atoms with Crippen molar-refractivity contribution in [2.24, 2.45) is 7.05 Å². The van der Waals surface area contributed by atoms with Gasteiger partial charge >= 0.3 is 0 Å². The summed E-state index contributed by atoms with van der Waals surface area (Å²) in [6.45, 7) is 2.69. The van der Waals surface area contributed by atoms with Gasteiger partial charge in [0.1, 0.15) is 25.1 Å². The molecule has 2 aliphatic rings. The second-order valence-electron chi connectivity index (χ2n) is 8.14. The average molecular weight is 483 g/mol. The van der Waals surface area contributed by atoms with E-state index in [2.05, 4.69) is 15.7 Å². The first-order chi connectivity index (χ1) is 16.4. The molecule has 2 aliphatic heterocycles. The summed E-state index contributed by atoms with van der Waals surface area (Å²) in [4.78, 5) is 26.4. The highest BCUT2D eigenvalue weighted by molar-refractivity contribution is 6.30. The highest BCUT2D eigenvalue weighted by atomic mass is 35.5. The summed E-state index contributed by atoms with van der Waals surface area (Å²) in [5.41, 5.74) is 2.67. The van der Waals surface area contributed by atoms with Gasteiger partial charge in [0.25, 0.3) is 5.91 Å². The van der Waals surface area contributed by atoms with Gasteiger partial charge in [0, 0.05) is 29.1 Å². The Balaban J connectivity index is 1.62. The Hall–Kier alpha value is -3.72. The van der Waals surface area contributed by atoms with Crippen LogP contribution < -0.4 is 24.8 Å². The van der Waals surface area contributed by atoms with E-state index in [0.717, 1.165) is 16.8 Å². The van der Waals surface area contributed by atoms with Crippen LogP contribution in [0, 0.1) is 6.92 Å². The summed E-state index contributed by atoms with van der Waals surface area (Å²) in [6, 6.07) is 9.22. The molecule has 0 spiro atoms. The zero-order valence-corrected chi connectivity index (χ0v) is 19.6. The number of aromatic nitrogens is 2. The molecule has 34 heavy (non-hydrogen) atoms. The molecule has 0 saturated carbocycles. The molecule has 2 amide bonds. The van der Waals surface area contributed by atoms with Crippen LogP contribution in [0.3, 0.4) is 0 Å². The quantitative estimate of drug-likeness (QED) is 0.592. The topological polar surface area (TPSA) is 104 Å². The molecule has 10 heteroatoms. The molecule has 2 atom stereocenters. The summed E-state index contributed by atoms with van der Waals surface area (Å²) in [5, 5.41) is 10.8. The third kappa shape index (κ3) is 3.71. The molecule has 0 radical (unpaired) electrons. The minimum atomic E-state index is -0.911. The van der Waals surface area contributed by atoms with Crippen LogP contribution in [-0.2, 0) is 11.8 Å². The number of aryl methyl sites for hydroxylation is 2. The smallest absolute Gasteiger partial charge is 0.251 e. The van der Waals surface area contributed by atoms with Crippen molar-refractivity contribution in [2.75, 3.05) is 25.6 Å². The highest BCUT2D eigenvalue weighted by Gasteiger charge is 2.42. The molecule has 9 nitrogen and oxygen atoms in total. The summed E-state index contributed by atoms with van der Waals surface area (Å²) >= 11 is 5.96. The van der Waals surface area contributed by atoms with E-state index >= 15 is 0 Å². The Morgan fingerprint density at radius 3 is 2.71 bits per heavy atom. The summed E-state index contributed by atoms with van der Waals surface area (Å²) in [7, 11) is 3.31. The lowest BCUT2D eigenvalue weighted by Gasteiger charge is -2.33. The van der Waals surface area contributed by atoms with Crippen LogP contribution in [-0.4, -0.2) is 48.0 Å². The van der Waals surface area contributed by atoms with E-state index in [-0.39, 0.29) is 5.91 Å². The summed E-state index contributed by atoms with van der Waals surface area (Å²) in [5.74, 6) is 0.828. The van der Waals surface area contributed by atoms with Gasteiger partial charge in [-0.05, 0) is 48.9 Å². The average Bonchev–Trinajstić information content (AvgIpc) is 3.11. The molecule has 2 aromatic carbocycles. The number of carbonyl (C=O) groups is 2. The van der Waals surface area contributed by atoms with Crippen LogP contribution in [0.1, 0.15) is 33.1 Å². The van der Waals surface area contributed by atoms with Crippen molar-refractivity contribution in [3.05, 3.63) is 63.8 Å². The third-order valence-corrected chi connectivity index (χ3v) is 6.29. The third-order valence-electron chi connectivity index (χ3n) is 6.04. The van der Waals surface area contributed by atoms with E-state index in [1.54, 1.807) is 43.1 Å². The molecule has 1 aromatic heterocycles. The normalized spacial score (nSPS) is 18.6. The Morgan fingerprint density at radius 2 is 1.97 bits per heavy atom. The van der Waals surface area contributed by atoms with Crippen LogP contribution in [0.15, 0.2) is 36.4 Å². The van der Waals surface area contributed by atoms with Gasteiger partial charge in [-0.15, -0.1) is 0 Å². The number of rotatable bonds is 4. The van der Waals surface area contributed by atoms with E-state index in [0.29, 0.717) is 46.9 Å². The lowest BCUT2D eigenvalue weighted by atomic mass is 9.81. The van der Waals surface area contributed by atoms with Gasteiger partial charge in [0.15, 0.2) is 11.5 Å². The fraction of sp³-hybridized carbons (Fsp3) is 0.292. The van der Waals surface area contributed by atoms with Crippen molar-refractivity contribution in [2.45, 2.75) is 18.9 Å². The largest absolute Gasteiger partial charge is 0.493 e. The van der Waals surface area contributed by atoms with Crippen LogP contribution >= 0.6 is 11.6 Å². The van der Waals surface area contributed by atoms with Crippen molar-refractivity contribution >= 4 is 29.2 Å². The maximum absolute atomic E-state index is 13.3. The van der Waals surface area contributed by atoms with E-state index in [1.165, 1.54) is 0 Å². The number of nitrogens with zero attached hydrogens (tertiary/aromatic N) is 2. The minimum Gasteiger partial charge on any atom is -0.493 e. The molecule has 0 saturated heterocycles. The first kappa shape index (κ1) is 22.1. The number of hydrogen-bond donors (Lipinski definition) is 2. The second-order valence-corrected chi connectivity index (χ2v) is 8.58. The van der Waals surface area contributed by atoms with Gasteiger partial charge in [-0.25, -0.2) is 0 Å².